The number of methoxy groups -OCH3 is 1. The highest BCUT2D eigenvalue weighted by molar-refractivity contribution is 5.74. The molecule has 0 aliphatic rings. The van der Waals surface area contributed by atoms with E-state index in [1.165, 1.54) is 34.6 Å². The first-order valence-corrected chi connectivity index (χ1v) is 20.9. The van der Waals surface area contributed by atoms with Crippen molar-refractivity contribution in [3.05, 3.63) is 0 Å². The summed E-state index contributed by atoms with van der Waals surface area (Å²) in [7, 11) is 10.6. The molecule has 20 nitrogen and oxygen atoms in total. The molecule has 14 N–H and O–H groups in total. The van der Waals surface area contributed by atoms with Crippen molar-refractivity contribution in [3.63, 3.8) is 0 Å². The smallest absolute Gasteiger partial charge is 0.217 e. The molecule has 0 fully saturated rings. The molecule has 0 saturated heterocycles. The van der Waals surface area contributed by atoms with Crippen LogP contribution in [-0.2, 0) is 28.7 Å². The molecule has 0 aliphatic heterocycles. The molecule has 0 saturated carbocycles. The summed E-state index contributed by atoms with van der Waals surface area (Å²) in [5.41, 5.74) is 0. The van der Waals surface area contributed by atoms with Crippen molar-refractivity contribution >= 4 is 29.5 Å². The van der Waals surface area contributed by atoms with Crippen LogP contribution in [0.3, 0.4) is 0 Å². The second-order valence-electron chi connectivity index (χ2n) is 15.5. The molecule has 366 valence electrons. The number of ether oxygens (including phenoxy) is 1. The normalized spacial score (nSPS) is 18.0. The maximum absolute atomic E-state index is 10.8. The number of aliphatic hydroxyl groups excluding tert-OH is 4. The van der Waals surface area contributed by atoms with Crippen molar-refractivity contribution in [1.29, 1.82) is 0 Å². The van der Waals surface area contributed by atoms with Crippen LogP contribution in [0.4, 0.5) is 0 Å². The van der Waals surface area contributed by atoms with E-state index in [1.807, 2.05) is 48.6 Å². The predicted molar refractivity (Wildman–Crippen MR) is 244 cm³/mol. The van der Waals surface area contributed by atoms with Crippen molar-refractivity contribution in [2.24, 2.45) is 0 Å². The molecule has 0 aromatic carbocycles. The Morgan fingerprint density at radius 1 is 0.328 bits per heavy atom. The van der Waals surface area contributed by atoms with Gasteiger partial charge in [0.05, 0.1) is 60.7 Å². The quantitative estimate of drug-likeness (QED) is 0.0597. The van der Waals surface area contributed by atoms with Gasteiger partial charge >= 0.3 is 0 Å². The molecule has 15 atom stereocenters. The number of aliphatic hydroxyl groups is 4. The second-order valence-corrected chi connectivity index (χ2v) is 15.5. The Kier molecular flexibility index (Phi) is 42.4. The summed E-state index contributed by atoms with van der Waals surface area (Å²) >= 11 is 0. The zero-order valence-electron chi connectivity index (χ0n) is 41.4. The standard InChI is InChI=1S/C9H20N2O2.4C8H18N2O2/c1-6(10-4)9(13-5)7(2)11-8(3)12;4*1-5(9-4)8(12)6(2)10-7(3)11/h6-7,9-10H,1-5H3,(H,11,12);4*5-6,8-9,12H,1-4H3,(H,10,11). The van der Waals surface area contributed by atoms with Crippen LogP contribution in [0.5, 0.6) is 0 Å². The van der Waals surface area contributed by atoms with E-state index < -0.39 is 24.4 Å². The fraction of sp³-hybridized carbons (Fsp3) is 0.878. The number of hydrogen-bond acceptors (Lipinski definition) is 15. The largest absolute Gasteiger partial charge is 0.389 e. The van der Waals surface area contributed by atoms with Gasteiger partial charge in [0.1, 0.15) is 0 Å². The van der Waals surface area contributed by atoms with Gasteiger partial charge in [-0.05, 0) is 104 Å². The first-order valence-electron chi connectivity index (χ1n) is 20.9. The number of carbonyl (C=O) groups excluding carboxylic acids is 5. The van der Waals surface area contributed by atoms with Crippen molar-refractivity contribution in [2.45, 2.75) is 195 Å². The lowest BCUT2D eigenvalue weighted by Gasteiger charge is -2.28. The number of hydrogen-bond donors (Lipinski definition) is 14. The molecular weight excluding hydrogens is 793 g/mol. The Labute approximate surface area is 368 Å². The minimum atomic E-state index is -0.557. The molecule has 0 aromatic rings. The van der Waals surface area contributed by atoms with E-state index in [2.05, 4.69) is 53.2 Å². The predicted octanol–water partition coefficient (Wildman–Crippen LogP) is -1.95. The highest BCUT2D eigenvalue weighted by Gasteiger charge is 2.24. The van der Waals surface area contributed by atoms with Gasteiger partial charge in [-0.1, -0.05) is 0 Å². The van der Waals surface area contributed by atoms with E-state index in [4.69, 9.17) is 4.74 Å². The lowest BCUT2D eigenvalue weighted by Crippen LogP contribution is -2.50. The van der Waals surface area contributed by atoms with Crippen LogP contribution in [0.25, 0.3) is 0 Å². The minimum Gasteiger partial charge on any atom is -0.389 e. The molecule has 0 bridgehead atoms. The van der Waals surface area contributed by atoms with E-state index in [0.717, 1.165) is 0 Å². The summed E-state index contributed by atoms with van der Waals surface area (Å²) in [5, 5.41) is 66.3. The monoisotopic (exact) mass is 885 g/mol. The lowest BCUT2D eigenvalue weighted by atomic mass is 10.1. The fourth-order valence-electron chi connectivity index (χ4n) is 5.45. The average Bonchev–Trinajstić information content (AvgIpc) is 3.17. The zero-order chi connectivity index (χ0) is 49.3. The van der Waals surface area contributed by atoms with Crippen LogP contribution < -0.4 is 53.2 Å². The van der Waals surface area contributed by atoms with Crippen LogP contribution in [0.15, 0.2) is 0 Å². The molecular formula is C41H92N10O10. The van der Waals surface area contributed by atoms with Gasteiger partial charge in [-0.2, -0.15) is 0 Å². The first-order chi connectivity index (χ1) is 28.0. The summed E-state index contributed by atoms with van der Waals surface area (Å²) in [6.07, 6.45) is -2.23. The molecule has 0 spiro atoms. The van der Waals surface area contributed by atoms with E-state index >= 15 is 0 Å². The van der Waals surface area contributed by atoms with Gasteiger partial charge in [-0.15, -0.1) is 0 Å². The Morgan fingerprint density at radius 3 is 0.623 bits per heavy atom. The highest BCUT2D eigenvalue weighted by atomic mass is 16.5. The Bertz CT molecular complexity index is 1020. The van der Waals surface area contributed by atoms with Crippen LogP contribution in [0.2, 0.25) is 0 Å². The summed E-state index contributed by atoms with van der Waals surface area (Å²) < 4.78 is 5.29. The maximum atomic E-state index is 10.8. The van der Waals surface area contributed by atoms with Crippen LogP contribution >= 0.6 is 0 Å². The Hall–Kier alpha value is -3.05. The number of rotatable bonds is 21. The van der Waals surface area contributed by atoms with E-state index in [1.54, 1.807) is 63.0 Å². The maximum Gasteiger partial charge on any atom is 0.217 e. The summed E-state index contributed by atoms with van der Waals surface area (Å²) in [5.74, 6) is -0.512. The molecule has 0 aromatic heterocycles. The molecule has 0 heterocycles. The average molecular weight is 885 g/mol. The van der Waals surface area contributed by atoms with Crippen molar-refractivity contribution in [1.82, 2.24) is 53.2 Å². The number of likely N-dealkylation sites (N-methyl/N-ethyl adjacent to an activating group) is 5. The van der Waals surface area contributed by atoms with Crippen LogP contribution in [-0.4, -0.2) is 183 Å². The summed E-state index contributed by atoms with van der Waals surface area (Å²) in [6.45, 7) is 25.8. The van der Waals surface area contributed by atoms with E-state index in [-0.39, 0.29) is 96.1 Å². The molecule has 0 radical (unpaired) electrons. The van der Waals surface area contributed by atoms with Crippen molar-refractivity contribution in [3.8, 4) is 0 Å². The van der Waals surface area contributed by atoms with Gasteiger partial charge in [0.25, 0.3) is 0 Å². The third-order valence-electron chi connectivity index (χ3n) is 9.79. The minimum absolute atomic E-state index is 0.00565. The van der Waals surface area contributed by atoms with Gasteiger partial charge in [-0.25, -0.2) is 0 Å². The molecule has 20 heteroatoms. The summed E-state index contributed by atoms with van der Waals surface area (Å²) in [4.78, 5) is 53.3. The lowest BCUT2D eigenvalue weighted by molar-refractivity contribution is -0.121. The topological polar surface area (TPSA) is 296 Å². The van der Waals surface area contributed by atoms with Crippen molar-refractivity contribution in [2.75, 3.05) is 42.3 Å². The van der Waals surface area contributed by atoms with Gasteiger partial charge in [-0.3, -0.25) is 24.0 Å². The van der Waals surface area contributed by atoms with Gasteiger partial charge in [0.15, 0.2) is 0 Å². The molecule has 0 aliphatic carbocycles. The number of nitrogens with one attached hydrogen (secondary N) is 10. The van der Waals surface area contributed by atoms with E-state index in [9.17, 15) is 44.4 Å². The molecule has 61 heavy (non-hydrogen) atoms. The fourth-order valence-corrected chi connectivity index (χ4v) is 5.45. The van der Waals surface area contributed by atoms with Gasteiger partial charge < -0.3 is 78.3 Å². The molecule has 15 unspecified atom stereocenters. The van der Waals surface area contributed by atoms with Crippen LogP contribution in [0, 0.1) is 0 Å². The van der Waals surface area contributed by atoms with Gasteiger partial charge in [0.2, 0.25) is 29.5 Å². The summed E-state index contributed by atoms with van der Waals surface area (Å²) in [6, 6.07) is -0.723. The zero-order valence-corrected chi connectivity index (χ0v) is 41.4. The second kappa shape index (κ2) is 38.6. The first kappa shape index (κ1) is 67.0. The highest BCUT2D eigenvalue weighted by Crippen LogP contribution is 2.04. The van der Waals surface area contributed by atoms with Crippen LogP contribution in [0.1, 0.15) is 104 Å². The molecule has 0 rings (SSSR count). The Balaban J connectivity index is -0.000000214. The van der Waals surface area contributed by atoms with Gasteiger partial charge in [0, 0.05) is 71.9 Å². The van der Waals surface area contributed by atoms with E-state index in [0.29, 0.717) is 0 Å². The SMILES string of the molecule is CNC(C)C(O)C(C)NC(C)=O.CNC(C)C(O)C(C)NC(C)=O.CNC(C)C(O)C(C)NC(C)=O.CNC(C)C(O)C(C)NC(C)=O.CNC(C)C(OC)C(C)NC(C)=O. The number of amides is 5. The Morgan fingerprint density at radius 2 is 0.492 bits per heavy atom. The third-order valence-corrected chi connectivity index (χ3v) is 9.79. The third kappa shape index (κ3) is 36.2. The molecule has 5 amide bonds. The van der Waals surface area contributed by atoms with Crippen molar-refractivity contribution < 1.29 is 49.1 Å². The number of carbonyl (C=O) groups is 5.